The first-order valence-corrected chi connectivity index (χ1v) is 7.70. The predicted octanol–water partition coefficient (Wildman–Crippen LogP) is -0.358. The number of nitrogens with zero attached hydrogens (tertiary/aromatic N) is 3. The van der Waals surface area contributed by atoms with Gasteiger partial charge in [0.2, 0.25) is 0 Å². The van der Waals surface area contributed by atoms with Gasteiger partial charge in [-0.25, -0.2) is 0 Å². The molecular formula is C11H19N3O5S. The molecule has 1 rings (SSSR count). The summed E-state index contributed by atoms with van der Waals surface area (Å²) in [6.07, 6.45) is 0.881. The Kier molecular flexibility index (Phi) is 6.35. The van der Waals surface area contributed by atoms with Crippen LogP contribution in [0.1, 0.15) is 19.3 Å². The normalized spacial score (nSPS) is 20.1. The zero-order chi connectivity index (χ0) is 15.2. The lowest BCUT2D eigenvalue weighted by atomic mass is 10.2. The third kappa shape index (κ3) is 3.89. The Morgan fingerprint density at radius 2 is 2.25 bits per heavy atom. The molecule has 1 saturated heterocycles. The van der Waals surface area contributed by atoms with E-state index in [0.717, 1.165) is 8.61 Å². The van der Waals surface area contributed by atoms with Crippen LogP contribution in [0.3, 0.4) is 0 Å². The molecule has 114 valence electrons. The molecule has 1 aliphatic heterocycles. The van der Waals surface area contributed by atoms with Crippen LogP contribution in [0.2, 0.25) is 0 Å². The fourth-order valence-electron chi connectivity index (χ4n) is 2.12. The highest BCUT2D eigenvalue weighted by atomic mass is 32.2. The number of carbonyl (C=O) groups is 1. The van der Waals surface area contributed by atoms with Crippen LogP contribution in [0.15, 0.2) is 0 Å². The van der Waals surface area contributed by atoms with Crippen LogP contribution in [-0.4, -0.2) is 67.5 Å². The van der Waals surface area contributed by atoms with Crippen molar-refractivity contribution in [2.45, 2.75) is 25.3 Å². The van der Waals surface area contributed by atoms with Crippen molar-refractivity contribution >= 4 is 16.2 Å². The maximum atomic E-state index is 12.5. The zero-order valence-corrected chi connectivity index (χ0v) is 12.2. The molecule has 0 bridgehead atoms. The van der Waals surface area contributed by atoms with Gasteiger partial charge in [0.15, 0.2) is 0 Å². The van der Waals surface area contributed by atoms with Crippen LogP contribution < -0.4 is 0 Å². The third-order valence-corrected chi connectivity index (χ3v) is 5.18. The first-order valence-electron chi connectivity index (χ1n) is 6.30. The summed E-state index contributed by atoms with van der Waals surface area (Å²) in [7, 11) is -2.44. The Hall–Kier alpha value is -1.21. The van der Waals surface area contributed by atoms with E-state index in [1.54, 1.807) is 0 Å². The SMILES string of the molecule is COCCN(CCC#N)S(=O)(=O)N1CCCC1C(=O)O. The lowest BCUT2D eigenvalue weighted by Crippen LogP contribution is -2.49. The smallest absolute Gasteiger partial charge is 0.322 e. The molecule has 0 aliphatic carbocycles. The number of carboxylic acids is 1. The fraction of sp³-hybridized carbons (Fsp3) is 0.818. The maximum Gasteiger partial charge on any atom is 0.322 e. The molecule has 8 nitrogen and oxygen atoms in total. The highest BCUT2D eigenvalue weighted by Crippen LogP contribution is 2.23. The Morgan fingerprint density at radius 1 is 1.55 bits per heavy atom. The third-order valence-electron chi connectivity index (χ3n) is 3.13. The van der Waals surface area contributed by atoms with E-state index in [0.29, 0.717) is 12.8 Å². The molecule has 20 heavy (non-hydrogen) atoms. The predicted molar refractivity (Wildman–Crippen MR) is 70.0 cm³/mol. The summed E-state index contributed by atoms with van der Waals surface area (Å²) in [5.74, 6) is -1.14. The van der Waals surface area contributed by atoms with Crippen molar-refractivity contribution in [3.8, 4) is 6.07 Å². The molecule has 0 radical (unpaired) electrons. The summed E-state index contributed by atoms with van der Waals surface area (Å²) >= 11 is 0. The zero-order valence-electron chi connectivity index (χ0n) is 11.4. The van der Waals surface area contributed by atoms with E-state index in [1.165, 1.54) is 7.11 Å². The number of nitriles is 1. The van der Waals surface area contributed by atoms with Crippen LogP contribution in [0.4, 0.5) is 0 Å². The molecule has 0 saturated carbocycles. The van der Waals surface area contributed by atoms with E-state index in [1.807, 2.05) is 6.07 Å². The largest absolute Gasteiger partial charge is 0.480 e. The van der Waals surface area contributed by atoms with E-state index in [2.05, 4.69) is 0 Å². The van der Waals surface area contributed by atoms with Crippen LogP contribution in [0.25, 0.3) is 0 Å². The summed E-state index contributed by atoms with van der Waals surface area (Å²) in [4.78, 5) is 11.1. The minimum atomic E-state index is -3.88. The summed E-state index contributed by atoms with van der Waals surface area (Å²) in [6.45, 7) is 0.514. The molecule has 0 spiro atoms. The fourth-order valence-corrected chi connectivity index (χ4v) is 3.92. The molecule has 1 fully saturated rings. The standard InChI is InChI=1S/C11H19N3O5S/c1-19-9-8-13(6-3-5-12)20(17,18)14-7-2-4-10(14)11(15)16/h10H,2-4,6-9H2,1H3,(H,15,16). The van der Waals surface area contributed by atoms with E-state index in [-0.39, 0.29) is 32.7 Å². The summed E-state index contributed by atoms with van der Waals surface area (Å²) < 4.78 is 31.9. The van der Waals surface area contributed by atoms with Crippen molar-refractivity contribution in [1.82, 2.24) is 8.61 Å². The average Bonchev–Trinajstić information content (AvgIpc) is 2.88. The number of hydrogen-bond acceptors (Lipinski definition) is 5. The van der Waals surface area contributed by atoms with E-state index in [4.69, 9.17) is 15.1 Å². The van der Waals surface area contributed by atoms with Gasteiger partial charge in [0.1, 0.15) is 6.04 Å². The molecule has 0 aromatic carbocycles. The summed E-state index contributed by atoms with van der Waals surface area (Å²) in [5.41, 5.74) is 0. The number of carboxylic acid groups (broad SMARTS) is 1. The molecule has 1 unspecified atom stereocenters. The summed E-state index contributed by atoms with van der Waals surface area (Å²) in [6, 6.07) is 0.868. The van der Waals surface area contributed by atoms with Gasteiger partial charge in [0.05, 0.1) is 12.7 Å². The second kappa shape index (κ2) is 7.54. The second-order valence-electron chi connectivity index (χ2n) is 4.41. The first-order chi connectivity index (χ1) is 9.45. The molecule has 0 aromatic rings. The summed E-state index contributed by atoms with van der Waals surface area (Å²) in [5, 5.41) is 17.7. The number of hydrogen-bond donors (Lipinski definition) is 1. The van der Waals surface area contributed by atoms with Gasteiger partial charge in [-0.05, 0) is 12.8 Å². The van der Waals surface area contributed by atoms with Gasteiger partial charge in [-0.1, -0.05) is 0 Å². The number of ether oxygens (including phenoxy) is 1. The molecule has 0 amide bonds. The van der Waals surface area contributed by atoms with Crippen LogP contribution >= 0.6 is 0 Å². The molecule has 1 atom stereocenters. The van der Waals surface area contributed by atoms with Gasteiger partial charge >= 0.3 is 5.97 Å². The van der Waals surface area contributed by atoms with Crippen molar-refractivity contribution in [2.75, 3.05) is 33.4 Å². The van der Waals surface area contributed by atoms with Gasteiger partial charge in [0.25, 0.3) is 10.2 Å². The Labute approximate surface area is 118 Å². The molecule has 0 aromatic heterocycles. The van der Waals surface area contributed by atoms with Crippen LogP contribution in [0.5, 0.6) is 0 Å². The monoisotopic (exact) mass is 305 g/mol. The molecule has 1 N–H and O–H groups in total. The van der Waals surface area contributed by atoms with Crippen molar-refractivity contribution in [3.05, 3.63) is 0 Å². The number of methoxy groups -OCH3 is 1. The highest BCUT2D eigenvalue weighted by molar-refractivity contribution is 7.86. The molecule has 1 heterocycles. The van der Waals surface area contributed by atoms with Gasteiger partial charge < -0.3 is 9.84 Å². The Balaban J connectivity index is 2.90. The van der Waals surface area contributed by atoms with Gasteiger partial charge in [0, 0.05) is 33.2 Å². The Morgan fingerprint density at radius 3 is 2.80 bits per heavy atom. The highest BCUT2D eigenvalue weighted by Gasteiger charge is 2.41. The minimum Gasteiger partial charge on any atom is -0.480 e. The second-order valence-corrected chi connectivity index (χ2v) is 6.30. The number of aliphatic carboxylic acids is 1. The van der Waals surface area contributed by atoms with Crippen LogP contribution in [0, 0.1) is 11.3 Å². The Bertz CT molecular complexity index is 473. The van der Waals surface area contributed by atoms with Crippen molar-refractivity contribution in [2.24, 2.45) is 0 Å². The first kappa shape index (κ1) is 16.8. The van der Waals surface area contributed by atoms with Crippen molar-refractivity contribution in [3.63, 3.8) is 0 Å². The van der Waals surface area contributed by atoms with Crippen LogP contribution in [-0.2, 0) is 19.7 Å². The molecular weight excluding hydrogens is 286 g/mol. The van der Waals surface area contributed by atoms with Gasteiger partial charge in [-0.15, -0.1) is 0 Å². The molecule has 1 aliphatic rings. The van der Waals surface area contributed by atoms with Gasteiger partial charge in [-0.2, -0.15) is 22.3 Å². The average molecular weight is 305 g/mol. The van der Waals surface area contributed by atoms with E-state index < -0.39 is 22.2 Å². The minimum absolute atomic E-state index is 0.0328. The van der Waals surface area contributed by atoms with Gasteiger partial charge in [-0.3, -0.25) is 4.79 Å². The van der Waals surface area contributed by atoms with Crippen molar-refractivity contribution in [1.29, 1.82) is 5.26 Å². The lowest BCUT2D eigenvalue weighted by Gasteiger charge is -2.28. The molecule has 9 heteroatoms. The van der Waals surface area contributed by atoms with Crippen molar-refractivity contribution < 1.29 is 23.1 Å². The lowest BCUT2D eigenvalue weighted by molar-refractivity contribution is -0.140. The number of rotatable bonds is 8. The maximum absolute atomic E-state index is 12.5. The topological polar surface area (TPSA) is 111 Å². The van der Waals surface area contributed by atoms with E-state index in [9.17, 15) is 13.2 Å². The quantitative estimate of drug-likeness (QED) is 0.655. The van der Waals surface area contributed by atoms with E-state index >= 15 is 0 Å².